The summed E-state index contributed by atoms with van der Waals surface area (Å²) in [4.78, 5) is 0. The van der Waals surface area contributed by atoms with Gasteiger partial charge in [0.05, 0.1) is 11.6 Å². The minimum atomic E-state index is 0.702. The molecule has 0 N–H and O–H groups in total. The molecule has 0 amide bonds. The molecule has 0 heterocycles. The molecular formula is C25H32ClO. The molecule has 0 aliphatic heterocycles. The molecule has 2 heteroatoms. The van der Waals surface area contributed by atoms with Crippen LogP contribution in [0.25, 0.3) is 11.1 Å². The highest BCUT2D eigenvalue weighted by Gasteiger charge is 2.15. The zero-order valence-electron chi connectivity index (χ0n) is 16.6. The van der Waals surface area contributed by atoms with Crippen molar-refractivity contribution in [3.63, 3.8) is 0 Å². The van der Waals surface area contributed by atoms with Crippen molar-refractivity contribution in [1.82, 2.24) is 0 Å². The van der Waals surface area contributed by atoms with Crippen LogP contribution in [0.2, 0.25) is 5.02 Å². The molecular weight excluding hydrogens is 352 g/mol. The average Bonchev–Trinajstić information content (AvgIpc) is 2.72. The number of hydrogen-bond acceptors (Lipinski definition) is 1. The number of rotatable bonds is 9. The van der Waals surface area contributed by atoms with Crippen molar-refractivity contribution in [1.29, 1.82) is 0 Å². The molecule has 0 aromatic heterocycles. The first-order valence-corrected chi connectivity index (χ1v) is 11.0. The molecule has 1 aliphatic carbocycles. The van der Waals surface area contributed by atoms with Gasteiger partial charge in [-0.3, -0.25) is 0 Å². The van der Waals surface area contributed by atoms with E-state index < -0.39 is 0 Å². The molecule has 2 aromatic carbocycles. The minimum Gasteiger partial charge on any atom is -0.492 e. The number of unbranched alkanes of at least 4 members (excludes halogenated alkanes) is 4. The van der Waals surface area contributed by atoms with Gasteiger partial charge in [-0.05, 0) is 73.3 Å². The second-order valence-corrected chi connectivity index (χ2v) is 8.08. The third kappa shape index (κ3) is 6.01. The van der Waals surface area contributed by atoms with Crippen LogP contribution < -0.4 is 4.74 Å². The van der Waals surface area contributed by atoms with Crippen LogP contribution >= 0.6 is 11.6 Å². The molecule has 27 heavy (non-hydrogen) atoms. The molecule has 2 aromatic rings. The predicted molar refractivity (Wildman–Crippen MR) is 117 cm³/mol. The molecule has 0 spiro atoms. The molecule has 1 aliphatic rings. The molecule has 0 bridgehead atoms. The van der Waals surface area contributed by atoms with Gasteiger partial charge >= 0.3 is 0 Å². The molecule has 1 fully saturated rings. The van der Waals surface area contributed by atoms with Crippen molar-refractivity contribution in [3.8, 4) is 16.9 Å². The Morgan fingerprint density at radius 1 is 0.889 bits per heavy atom. The summed E-state index contributed by atoms with van der Waals surface area (Å²) in [7, 11) is 0. The first kappa shape index (κ1) is 20.3. The van der Waals surface area contributed by atoms with E-state index >= 15 is 0 Å². The third-order valence-corrected chi connectivity index (χ3v) is 5.89. The minimum absolute atomic E-state index is 0.702. The number of halogens is 1. The Bertz CT molecular complexity index is 686. The molecule has 3 rings (SSSR count). The first-order valence-electron chi connectivity index (χ1n) is 10.6. The Kier molecular flexibility index (Phi) is 8.08. The van der Waals surface area contributed by atoms with Gasteiger partial charge in [-0.25, -0.2) is 0 Å². The fourth-order valence-corrected chi connectivity index (χ4v) is 4.13. The highest BCUT2D eigenvalue weighted by Crippen LogP contribution is 2.34. The normalized spacial score (nSPS) is 15.0. The van der Waals surface area contributed by atoms with E-state index in [2.05, 4.69) is 43.7 Å². The second kappa shape index (κ2) is 10.8. The smallest absolute Gasteiger partial charge is 0.137 e. The van der Waals surface area contributed by atoms with Crippen LogP contribution in [0.1, 0.15) is 76.2 Å². The molecule has 1 radical (unpaired) electrons. The van der Waals surface area contributed by atoms with E-state index in [9.17, 15) is 0 Å². The molecule has 0 saturated heterocycles. The topological polar surface area (TPSA) is 9.23 Å². The van der Waals surface area contributed by atoms with Crippen molar-refractivity contribution in [2.24, 2.45) is 0 Å². The molecule has 0 atom stereocenters. The zero-order chi connectivity index (χ0) is 18.9. The maximum Gasteiger partial charge on any atom is 0.137 e. The Balaban J connectivity index is 1.56. The Morgan fingerprint density at radius 3 is 2.30 bits per heavy atom. The van der Waals surface area contributed by atoms with Crippen molar-refractivity contribution in [2.75, 3.05) is 6.61 Å². The Labute approximate surface area is 170 Å². The Morgan fingerprint density at radius 2 is 1.59 bits per heavy atom. The highest BCUT2D eigenvalue weighted by atomic mass is 35.5. The quantitative estimate of drug-likeness (QED) is 0.396. The van der Waals surface area contributed by atoms with Crippen LogP contribution in [-0.4, -0.2) is 6.61 Å². The molecule has 0 unspecified atom stereocenters. The Hall–Kier alpha value is -1.47. The lowest BCUT2D eigenvalue weighted by molar-refractivity contribution is 0.305. The monoisotopic (exact) mass is 383 g/mol. The fraction of sp³-hybridized carbons (Fsp3) is 0.480. The first-order chi connectivity index (χ1) is 13.3. The lowest BCUT2D eigenvalue weighted by Crippen LogP contribution is -2.04. The summed E-state index contributed by atoms with van der Waals surface area (Å²) in [6.07, 6.45) is 13.7. The third-order valence-electron chi connectivity index (χ3n) is 5.59. The molecule has 1 nitrogen and oxygen atoms in total. The van der Waals surface area contributed by atoms with Gasteiger partial charge in [-0.1, -0.05) is 74.5 Å². The summed E-state index contributed by atoms with van der Waals surface area (Å²) in [6.45, 7) is 2.98. The van der Waals surface area contributed by atoms with Crippen LogP contribution in [0.4, 0.5) is 0 Å². The van der Waals surface area contributed by atoms with E-state index in [1.807, 2.05) is 12.1 Å². The van der Waals surface area contributed by atoms with Crippen molar-refractivity contribution in [3.05, 3.63) is 59.5 Å². The van der Waals surface area contributed by atoms with Crippen molar-refractivity contribution >= 4 is 11.6 Å². The SMILES string of the molecule is CCCCCCCOc1ccc(-c2ccc(C3CC[CH]CC3)cc2)cc1Cl. The van der Waals surface area contributed by atoms with Crippen molar-refractivity contribution in [2.45, 2.75) is 70.6 Å². The summed E-state index contributed by atoms with van der Waals surface area (Å²) in [6, 6.07) is 15.2. The lowest BCUT2D eigenvalue weighted by Gasteiger charge is -2.22. The molecule has 1 saturated carbocycles. The van der Waals surface area contributed by atoms with E-state index in [1.54, 1.807) is 0 Å². The van der Waals surface area contributed by atoms with E-state index in [1.165, 1.54) is 62.5 Å². The van der Waals surface area contributed by atoms with Crippen LogP contribution in [0.15, 0.2) is 42.5 Å². The summed E-state index contributed by atoms with van der Waals surface area (Å²) >= 11 is 6.47. The largest absolute Gasteiger partial charge is 0.492 e. The molecule has 145 valence electrons. The van der Waals surface area contributed by atoms with Gasteiger partial charge in [0, 0.05) is 0 Å². The predicted octanol–water partition coefficient (Wildman–Crippen LogP) is 8.22. The highest BCUT2D eigenvalue weighted by molar-refractivity contribution is 6.32. The summed E-state index contributed by atoms with van der Waals surface area (Å²) in [5.74, 6) is 1.52. The summed E-state index contributed by atoms with van der Waals surface area (Å²) < 4.78 is 5.87. The summed E-state index contributed by atoms with van der Waals surface area (Å²) in [5, 5.41) is 0.702. The average molecular weight is 384 g/mol. The van der Waals surface area contributed by atoms with Gasteiger partial charge in [0.2, 0.25) is 0 Å². The standard InChI is InChI=1S/C25H32ClO/c1-2-3-4-5-9-18-27-25-17-16-23(19-24(25)26)22-14-12-21(13-15-22)20-10-7-6-8-11-20/h6,12-17,19-20H,2-5,7-11,18H2,1H3. The number of benzene rings is 2. The van der Waals surface area contributed by atoms with E-state index in [0.29, 0.717) is 5.02 Å². The van der Waals surface area contributed by atoms with Gasteiger partial charge in [0.25, 0.3) is 0 Å². The second-order valence-electron chi connectivity index (χ2n) is 7.67. The van der Waals surface area contributed by atoms with Crippen LogP contribution in [0, 0.1) is 6.42 Å². The fourth-order valence-electron chi connectivity index (χ4n) is 3.89. The van der Waals surface area contributed by atoms with E-state index in [4.69, 9.17) is 16.3 Å². The lowest BCUT2D eigenvalue weighted by atomic mass is 9.84. The maximum absolute atomic E-state index is 6.47. The maximum atomic E-state index is 6.47. The van der Waals surface area contributed by atoms with Crippen molar-refractivity contribution < 1.29 is 4.74 Å². The van der Waals surface area contributed by atoms with Crippen LogP contribution in [-0.2, 0) is 0 Å². The van der Waals surface area contributed by atoms with Gasteiger partial charge in [-0.2, -0.15) is 0 Å². The van der Waals surface area contributed by atoms with Gasteiger partial charge in [-0.15, -0.1) is 0 Å². The van der Waals surface area contributed by atoms with Gasteiger partial charge in [0.1, 0.15) is 5.75 Å². The van der Waals surface area contributed by atoms with E-state index in [-0.39, 0.29) is 0 Å². The number of hydrogen-bond donors (Lipinski definition) is 0. The summed E-state index contributed by atoms with van der Waals surface area (Å²) in [5.41, 5.74) is 3.84. The number of ether oxygens (including phenoxy) is 1. The van der Waals surface area contributed by atoms with E-state index in [0.717, 1.165) is 30.3 Å². The van der Waals surface area contributed by atoms with Crippen LogP contribution in [0.5, 0.6) is 5.75 Å². The van der Waals surface area contributed by atoms with Gasteiger partial charge < -0.3 is 4.74 Å². The van der Waals surface area contributed by atoms with Gasteiger partial charge in [0.15, 0.2) is 0 Å². The zero-order valence-corrected chi connectivity index (χ0v) is 17.3. The van der Waals surface area contributed by atoms with Crippen LogP contribution in [0.3, 0.4) is 0 Å².